The van der Waals surface area contributed by atoms with Crippen LogP contribution >= 0.6 is 0 Å². The summed E-state index contributed by atoms with van der Waals surface area (Å²) in [5.41, 5.74) is 16.0. The van der Waals surface area contributed by atoms with Crippen LogP contribution in [-0.4, -0.2) is 7.11 Å². The number of ether oxygens (including phenoxy) is 1. The van der Waals surface area contributed by atoms with Crippen molar-refractivity contribution >= 4 is 11.3 Å². The largest absolute Gasteiger partial charge is 0.497 e. The van der Waals surface area contributed by atoms with Gasteiger partial charge in [0.15, 0.2) is 0 Å². The number of anilines is 1. The molecule has 0 saturated carbocycles. The molecule has 1 unspecified atom stereocenters. The van der Waals surface area contributed by atoms with Gasteiger partial charge < -0.3 is 16.2 Å². The SMILES string of the molecule is COc1ccc(C2(N)C=CC(c3ccc(N)cc3)=CC2)cc1. The number of methoxy groups -OCH3 is 1. The van der Waals surface area contributed by atoms with Gasteiger partial charge in [0, 0.05) is 5.69 Å². The summed E-state index contributed by atoms with van der Waals surface area (Å²) < 4.78 is 5.19. The molecule has 0 spiro atoms. The maximum atomic E-state index is 6.54. The molecule has 3 nitrogen and oxygen atoms in total. The molecule has 2 aromatic carbocycles. The van der Waals surface area contributed by atoms with Gasteiger partial charge in [-0.1, -0.05) is 42.5 Å². The Hall–Kier alpha value is -2.52. The highest BCUT2D eigenvalue weighted by Crippen LogP contribution is 2.33. The highest BCUT2D eigenvalue weighted by molar-refractivity contribution is 5.76. The second kappa shape index (κ2) is 5.70. The van der Waals surface area contributed by atoms with Crippen LogP contribution in [-0.2, 0) is 5.54 Å². The molecule has 1 atom stereocenters. The molecule has 1 aliphatic rings. The summed E-state index contributed by atoms with van der Waals surface area (Å²) in [6.07, 6.45) is 7.09. The Morgan fingerprint density at radius 2 is 1.68 bits per heavy atom. The number of hydrogen-bond donors (Lipinski definition) is 2. The van der Waals surface area contributed by atoms with Crippen LogP contribution in [0, 0.1) is 0 Å². The highest BCUT2D eigenvalue weighted by Gasteiger charge is 2.25. The summed E-state index contributed by atoms with van der Waals surface area (Å²) in [4.78, 5) is 0. The first-order valence-electron chi connectivity index (χ1n) is 7.29. The van der Waals surface area contributed by atoms with Crippen molar-refractivity contribution in [3.05, 3.63) is 77.9 Å². The zero-order valence-corrected chi connectivity index (χ0v) is 12.6. The van der Waals surface area contributed by atoms with Crippen LogP contribution in [0.1, 0.15) is 17.5 Å². The second-order valence-corrected chi connectivity index (χ2v) is 5.59. The normalized spacial score (nSPS) is 20.5. The number of rotatable bonds is 3. The highest BCUT2D eigenvalue weighted by atomic mass is 16.5. The lowest BCUT2D eigenvalue weighted by atomic mass is 9.82. The Bertz CT molecular complexity index is 714. The third-order valence-electron chi connectivity index (χ3n) is 4.09. The molecule has 22 heavy (non-hydrogen) atoms. The lowest BCUT2D eigenvalue weighted by Gasteiger charge is -2.29. The number of nitrogen functional groups attached to an aromatic ring is 1. The average molecular weight is 292 g/mol. The van der Waals surface area contributed by atoms with Gasteiger partial charge in [0.25, 0.3) is 0 Å². The maximum absolute atomic E-state index is 6.54. The first-order chi connectivity index (χ1) is 10.6. The third kappa shape index (κ3) is 2.76. The quantitative estimate of drug-likeness (QED) is 0.851. The number of hydrogen-bond acceptors (Lipinski definition) is 3. The van der Waals surface area contributed by atoms with Crippen molar-refractivity contribution in [1.29, 1.82) is 0 Å². The van der Waals surface area contributed by atoms with E-state index in [9.17, 15) is 0 Å². The first kappa shape index (κ1) is 14.4. The molecule has 1 aliphatic carbocycles. The van der Waals surface area contributed by atoms with E-state index in [1.54, 1.807) is 7.11 Å². The molecule has 3 rings (SSSR count). The molecule has 0 aromatic heterocycles. The van der Waals surface area contributed by atoms with E-state index < -0.39 is 5.54 Å². The molecule has 4 N–H and O–H groups in total. The van der Waals surface area contributed by atoms with Crippen molar-refractivity contribution < 1.29 is 4.74 Å². The molecule has 0 heterocycles. The fourth-order valence-electron chi connectivity index (χ4n) is 2.66. The Morgan fingerprint density at radius 1 is 1.00 bits per heavy atom. The minimum atomic E-state index is -0.469. The van der Waals surface area contributed by atoms with Crippen molar-refractivity contribution in [3.63, 3.8) is 0 Å². The van der Waals surface area contributed by atoms with Gasteiger partial charge in [0.1, 0.15) is 5.75 Å². The van der Waals surface area contributed by atoms with E-state index in [1.807, 2.05) is 48.5 Å². The van der Waals surface area contributed by atoms with E-state index in [2.05, 4.69) is 18.2 Å². The van der Waals surface area contributed by atoms with E-state index in [1.165, 1.54) is 5.57 Å². The van der Waals surface area contributed by atoms with Crippen LogP contribution < -0.4 is 16.2 Å². The summed E-state index contributed by atoms with van der Waals surface area (Å²) in [5, 5.41) is 0. The molecule has 112 valence electrons. The van der Waals surface area contributed by atoms with Crippen molar-refractivity contribution in [1.82, 2.24) is 0 Å². The van der Waals surface area contributed by atoms with Crippen molar-refractivity contribution in [2.24, 2.45) is 5.73 Å². The number of benzene rings is 2. The first-order valence-corrected chi connectivity index (χ1v) is 7.29. The topological polar surface area (TPSA) is 61.3 Å². The summed E-state index contributed by atoms with van der Waals surface area (Å²) in [7, 11) is 1.66. The van der Waals surface area contributed by atoms with Gasteiger partial charge in [-0.2, -0.15) is 0 Å². The molecular weight excluding hydrogens is 272 g/mol. The van der Waals surface area contributed by atoms with E-state index in [0.29, 0.717) is 0 Å². The van der Waals surface area contributed by atoms with Crippen molar-refractivity contribution in [3.8, 4) is 5.75 Å². The fourth-order valence-corrected chi connectivity index (χ4v) is 2.66. The van der Waals surface area contributed by atoms with Crippen LogP contribution in [0.5, 0.6) is 5.75 Å². The molecule has 0 aliphatic heterocycles. The third-order valence-corrected chi connectivity index (χ3v) is 4.09. The molecule has 0 amide bonds. The molecule has 0 bridgehead atoms. The summed E-state index contributed by atoms with van der Waals surface area (Å²) in [5.74, 6) is 0.838. The molecule has 0 fully saturated rings. The van der Waals surface area contributed by atoms with Crippen molar-refractivity contribution in [2.75, 3.05) is 12.8 Å². The molecule has 2 aromatic rings. The fraction of sp³-hybridized carbons (Fsp3) is 0.158. The van der Waals surface area contributed by atoms with Gasteiger partial charge in [-0.15, -0.1) is 0 Å². The Balaban J connectivity index is 1.82. The van der Waals surface area contributed by atoms with Gasteiger partial charge in [0.2, 0.25) is 0 Å². The standard InChI is InChI=1S/C19H20N2O/c1-22-18-8-4-16(5-9-18)19(21)12-10-15(11-13-19)14-2-6-17(20)7-3-14/h2-12H,13,20-21H2,1H3. The van der Waals surface area contributed by atoms with Gasteiger partial charge in [0.05, 0.1) is 12.6 Å². The minimum Gasteiger partial charge on any atom is -0.497 e. The van der Waals surface area contributed by atoms with Gasteiger partial charge in [-0.25, -0.2) is 0 Å². The maximum Gasteiger partial charge on any atom is 0.118 e. The zero-order chi connectivity index (χ0) is 15.6. The molecule has 0 radical (unpaired) electrons. The monoisotopic (exact) mass is 292 g/mol. The van der Waals surface area contributed by atoms with E-state index in [-0.39, 0.29) is 0 Å². The smallest absolute Gasteiger partial charge is 0.118 e. The Labute approximate surface area is 130 Å². The predicted molar refractivity (Wildman–Crippen MR) is 91.4 cm³/mol. The van der Waals surface area contributed by atoms with Gasteiger partial charge >= 0.3 is 0 Å². The minimum absolute atomic E-state index is 0.469. The van der Waals surface area contributed by atoms with Crippen LogP contribution in [0.15, 0.2) is 66.8 Å². The second-order valence-electron chi connectivity index (χ2n) is 5.59. The molecule has 0 saturated heterocycles. The van der Waals surface area contributed by atoms with Crippen LogP contribution in [0.25, 0.3) is 5.57 Å². The predicted octanol–water partition coefficient (Wildman–Crippen LogP) is 3.47. The summed E-state index contributed by atoms with van der Waals surface area (Å²) in [6, 6.07) is 15.8. The lowest BCUT2D eigenvalue weighted by Crippen LogP contribution is -2.35. The van der Waals surface area contributed by atoms with Crippen molar-refractivity contribution in [2.45, 2.75) is 12.0 Å². The Kier molecular flexibility index (Phi) is 3.73. The number of nitrogens with two attached hydrogens (primary N) is 2. The van der Waals surface area contributed by atoms with Gasteiger partial charge in [-0.05, 0) is 47.4 Å². The van der Waals surface area contributed by atoms with Crippen LogP contribution in [0.4, 0.5) is 5.69 Å². The van der Waals surface area contributed by atoms with E-state index >= 15 is 0 Å². The lowest BCUT2D eigenvalue weighted by molar-refractivity contribution is 0.414. The summed E-state index contributed by atoms with van der Waals surface area (Å²) in [6.45, 7) is 0. The molecule has 3 heteroatoms. The zero-order valence-electron chi connectivity index (χ0n) is 12.6. The Morgan fingerprint density at radius 3 is 2.23 bits per heavy atom. The van der Waals surface area contributed by atoms with E-state index in [0.717, 1.165) is 29.0 Å². The van der Waals surface area contributed by atoms with Crippen LogP contribution in [0.3, 0.4) is 0 Å². The average Bonchev–Trinajstić information content (AvgIpc) is 2.56. The van der Waals surface area contributed by atoms with Crippen LogP contribution in [0.2, 0.25) is 0 Å². The number of allylic oxidation sites excluding steroid dienone is 2. The van der Waals surface area contributed by atoms with Gasteiger partial charge in [-0.3, -0.25) is 0 Å². The van der Waals surface area contributed by atoms with E-state index in [4.69, 9.17) is 16.2 Å². The molecular formula is C19H20N2O. The summed E-state index contributed by atoms with van der Waals surface area (Å²) >= 11 is 0.